The second-order valence-electron chi connectivity index (χ2n) is 38.0. The van der Waals surface area contributed by atoms with Gasteiger partial charge in [0.15, 0.2) is 34.4 Å². The second-order valence-corrected chi connectivity index (χ2v) is 38.0. The first-order valence-corrected chi connectivity index (χ1v) is 42.7. The summed E-state index contributed by atoms with van der Waals surface area (Å²) in [5.41, 5.74) is 34.1. The van der Waals surface area contributed by atoms with E-state index in [1.165, 1.54) is 107 Å². The van der Waals surface area contributed by atoms with Crippen LogP contribution in [-0.2, 0) is 71.5 Å². The van der Waals surface area contributed by atoms with Crippen molar-refractivity contribution in [1.82, 2.24) is 18.7 Å². The van der Waals surface area contributed by atoms with E-state index < -0.39 is 37.1 Å². The lowest BCUT2D eigenvalue weighted by Gasteiger charge is -2.48. The van der Waals surface area contributed by atoms with Crippen LogP contribution >= 0.6 is 0 Å². The molecule has 4 aromatic heterocycles. The molecule has 4 atom stereocenters. The van der Waals surface area contributed by atoms with Gasteiger partial charge in [0.05, 0.1) is 28.9 Å². The summed E-state index contributed by atoms with van der Waals surface area (Å²) in [4.78, 5) is 0. The van der Waals surface area contributed by atoms with Crippen LogP contribution in [0, 0.1) is 69.1 Å². The van der Waals surface area contributed by atoms with E-state index in [0.717, 1.165) is 75.3 Å². The predicted molar refractivity (Wildman–Crippen MR) is 485 cm³/mol. The number of fused-ring (bicyclic) bond motifs is 12. The zero-order valence-corrected chi connectivity index (χ0v) is 75.7. The largest absolute Gasteiger partial charge is 0.390 e. The molecule has 0 spiro atoms. The van der Waals surface area contributed by atoms with Gasteiger partial charge in [-0.3, -0.25) is 0 Å². The van der Waals surface area contributed by atoms with Gasteiger partial charge < -0.3 is 0 Å². The molecule has 13 aromatic rings. The molecule has 0 saturated carbocycles. The maximum absolute atomic E-state index is 13.4. The highest BCUT2D eigenvalue weighted by molar-refractivity contribution is 5.86. The average molecular weight is 1600 g/mol. The van der Waals surface area contributed by atoms with Gasteiger partial charge in [-0.2, -0.15) is 13.2 Å². The summed E-state index contributed by atoms with van der Waals surface area (Å²) in [7, 11) is 8.31. The van der Waals surface area contributed by atoms with Crippen LogP contribution in [0.5, 0.6) is 0 Å². The SMILES string of the molecule is CCC1(C)c2c(-c3ccccc3)c(-c3cc(C)cc(C)c3)[n+](C)n2-c2c(C)cccc2C1(C)C.Cc1cccc2c1-n1c(cc[n+]1C)C(C)(CC(F)(F)F)C2(C)C.[2H]C([2H])([2H])c1cc(C)cc(-c2c(-c3ccccc3)c3n([n+]2C)-c2c(C)cccc2C(C)(C)C3(C)CC)c1.[2H]C([2H])([2H])c1cc(C)cc(-c2cc3n([n+]2C)-c2c(C)cccc2C(C)(C)C3(C)CC)c1. The molecule has 0 amide bonds. The van der Waals surface area contributed by atoms with E-state index >= 15 is 0 Å². The Labute approximate surface area is 717 Å². The Morgan fingerprint density at radius 2 is 0.655 bits per heavy atom. The molecule has 0 fully saturated rings. The van der Waals surface area contributed by atoms with Gasteiger partial charge >= 0.3 is 6.18 Å². The van der Waals surface area contributed by atoms with Crippen LogP contribution in [0.4, 0.5) is 13.2 Å². The summed E-state index contributed by atoms with van der Waals surface area (Å²) in [6.45, 7) is 46.7. The van der Waals surface area contributed by atoms with E-state index in [9.17, 15) is 13.2 Å². The van der Waals surface area contributed by atoms with Crippen molar-refractivity contribution in [2.24, 2.45) is 28.2 Å². The lowest BCUT2D eigenvalue weighted by atomic mass is 9.57. The Bertz CT molecular complexity index is 6380. The fourth-order valence-corrected chi connectivity index (χ4v) is 21.6. The van der Waals surface area contributed by atoms with E-state index in [1.807, 2.05) is 99.7 Å². The molecule has 8 nitrogen and oxygen atoms in total. The van der Waals surface area contributed by atoms with E-state index in [4.69, 9.17) is 8.22 Å². The van der Waals surface area contributed by atoms with Crippen LogP contribution in [0.25, 0.3) is 78.8 Å². The van der Waals surface area contributed by atoms with E-state index in [1.54, 1.807) is 19.1 Å². The monoisotopic (exact) mass is 1600 g/mol. The van der Waals surface area contributed by atoms with E-state index in [-0.39, 0.29) is 32.5 Å². The predicted octanol–water partition coefficient (Wildman–Crippen LogP) is 25.0. The maximum Gasteiger partial charge on any atom is 0.390 e. The van der Waals surface area contributed by atoms with Gasteiger partial charge in [0, 0.05) is 80.4 Å². The number of rotatable bonds is 9. The summed E-state index contributed by atoms with van der Waals surface area (Å²) in [5, 5.41) is 0. The number of aryl methyl sites for hydroxylation is 11. The smallest absolute Gasteiger partial charge is 0.171 e. The van der Waals surface area contributed by atoms with Gasteiger partial charge in [-0.15, -0.1) is 37.5 Å². The molecule has 8 heterocycles. The minimum atomic E-state index is -4.22. The number of aromatic nitrogens is 8. The van der Waals surface area contributed by atoms with Gasteiger partial charge in [0.2, 0.25) is 17.1 Å². The van der Waals surface area contributed by atoms with E-state index in [0.29, 0.717) is 16.8 Å². The minimum Gasteiger partial charge on any atom is -0.171 e. The molecule has 0 saturated heterocycles. The number of hydrogen-bond donors (Lipinski definition) is 0. The van der Waals surface area contributed by atoms with Crippen molar-refractivity contribution in [3.05, 3.63) is 307 Å². The molecular weight excluding hydrogens is 1470 g/mol. The molecule has 4 unspecified atom stereocenters. The minimum absolute atomic E-state index is 0.0201. The second kappa shape index (κ2) is 30.1. The Balaban J connectivity index is 0.000000137. The average Bonchev–Trinajstić information content (AvgIpc) is 1.52. The lowest BCUT2D eigenvalue weighted by Crippen LogP contribution is -2.54. The van der Waals surface area contributed by atoms with Gasteiger partial charge in [0.25, 0.3) is 0 Å². The summed E-state index contributed by atoms with van der Waals surface area (Å²) in [6.07, 6.45) is -0.202. The Morgan fingerprint density at radius 1 is 0.328 bits per heavy atom. The van der Waals surface area contributed by atoms with Crippen molar-refractivity contribution in [3.8, 4) is 78.8 Å². The van der Waals surface area contributed by atoms with Crippen molar-refractivity contribution in [2.75, 3.05) is 0 Å². The fourth-order valence-electron chi connectivity index (χ4n) is 21.6. The van der Waals surface area contributed by atoms with Crippen LogP contribution in [-0.4, -0.2) is 24.9 Å². The van der Waals surface area contributed by atoms with Crippen LogP contribution in [0.15, 0.2) is 206 Å². The molecule has 0 radical (unpaired) electrons. The zero-order valence-electron chi connectivity index (χ0n) is 81.7. The van der Waals surface area contributed by atoms with Crippen LogP contribution in [0.2, 0.25) is 0 Å². The molecule has 0 N–H and O–H groups in total. The highest BCUT2D eigenvalue weighted by Gasteiger charge is 2.60. The Morgan fingerprint density at radius 3 is 1.03 bits per heavy atom. The van der Waals surface area contributed by atoms with Gasteiger partial charge in [-0.25, -0.2) is 0 Å². The van der Waals surface area contributed by atoms with E-state index in [2.05, 4.69) is 313 Å². The molecular formula is C108H129F3N8+4. The summed E-state index contributed by atoms with van der Waals surface area (Å²) < 4.78 is 106. The summed E-state index contributed by atoms with van der Waals surface area (Å²) in [5.74, 6) is 0. The quantitative estimate of drug-likeness (QED) is 0.129. The third kappa shape index (κ3) is 13.2. The Hall–Kier alpha value is -10.4. The third-order valence-corrected chi connectivity index (χ3v) is 30.0. The first-order chi connectivity index (χ1) is 58.3. The topological polar surface area (TPSA) is 35.2 Å². The highest BCUT2D eigenvalue weighted by Crippen LogP contribution is 2.60. The van der Waals surface area contributed by atoms with Crippen molar-refractivity contribution < 1.29 is 40.1 Å². The van der Waals surface area contributed by atoms with Crippen LogP contribution in [0.1, 0.15) is 238 Å². The first-order valence-electron chi connectivity index (χ1n) is 45.7. The zero-order chi connectivity index (χ0) is 91.5. The molecule has 618 valence electrons. The molecule has 11 heteroatoms. The molecule has 0 aliphatic carbocycles. The number of alkyl halides is 3. The van der Waals surface area contributed by atoms with Crippen molar-refractivity contribution in [1.29, 1.82) is 0 Å². The number of hydrogen-bond acceptors (Lipinski definition) is 0. The Kier molecular flexibility index (Phi) is 19.5. The molecule has 0 bridgehead atoms. The maximum atomic E-state index is 13.4. The number of halogens is 3. The molecule has 17 rings (SSSR count). The number of benzene rings is 9. The highest BCUT2D eigenvalue weighted by atomic mass is 19.4. The standard InChI is InChI=1S/2C32H37N2.C26H33N2.C18H22F3N2/c2*1-9-32(7)30-27(24-15-11-10-12-16-24)29(25-19-21(2)18-22(3)20-25)33(8)34(30)28-23(4)14-13-17-26(28)31(32,5)6;1-9-26(7)23-16-22(20-14-17(2)13-18(3)15-20)27(8)28(23)24-19(4)11-10-12-21(24)25(26,5)6;1-12-7-6-8-13-15(12)23-14(9-10-22(23)5)17(4,16(13,2)3)11-18(19,20)21/h2*10-20H,9H2,1-8H3;10-16H,9H2,1-8H3;6-10H,11H2,1-5H3/q4*+1/i2D3;;2D3;. The van der Waals surface area contributed by atoms with Crippen LogP contribution < -0.4 is 18.7 Å². The summed E-state index contributed by atoms with van der Waals surface area (Å²) >= 11 is 0. The normalized spacial score (nSPS) is 20.6. The summed E-state index contributed by atoms with van der Waals surface area (Å²) in [6, 6.07) is 70.0. The third-order valence-electron chi connectivity index (χ3n) is 30.0. The van der Waals surface area contributed by atoms with Crippen molar-refractivity contribution in [2.45, 2.75) is 248 Å². The fraction of sp³-hybridized carbons (Fsp3) is 0.389. The van der Waals surface area contributed by atoms with Crippen LogP contribution in [0.3, 0.4) is 0 Å². The molecule has 4 aliphatic heterocycles. The molecule has 4 aliphatic rings. The first kappa shape index (κ1) is 77.2. The van der Waals surface area contributed by atoms with Crippen molar-refractivity contribution >= 4 is 0 Å². The lowest BCUT2D eigenvalue weighted by molar-refractivity contribution is -0.745. The molecule has 9 aromatic carbocycles. The van der Waals surface area contributed by atoms with Gasteiger partial charge in [-0.1, -0.05) is 289 Å². The number of para-hydroxylation sites is 4. The number of nitrogens with zero attached hydrogens (tertiary/aromatic N) is 8. The van der Waals surface area contributed by atoms with Gasteiger partial charge in [-0.05, 0) is 180 Å². The molecule has 119 heavy (non-hydrogen) atoms. The van der Waals surface area contributed by atoms with Crippen molar-refractivity contribution in [3.63, 3.8) is 0 Å². The van der Waals surface area contributed by atoms with Gasteiger partial charge in [0.1, 0.15) is 34.1 Å².